The summed E-state index contributed by atoms with van der Waals surface area (Å²) in [5, 5.41) is 17.9. The number of aromatic nitrogens is 2. The number of rotatable bonds is 8. The molecule has 1 saturated heterocycles. The van der Waals surface area contributed by atoms with Crippen molar-refractivity contribution in [3.8, 4) is 5.75 Å². The van der Waals surface area contributed by atoms with E-state index in [-0.39, 0.29) is 30.6 Å². The van der Waals surface area contributed by atoms with Crippen LogP contribution in [0.2, 0.25) is 0 Å². The van der Waals surface area contributed by atoms with E-state index in [0.717, 1.165) is 49.7 Å². The van der Waals surface area contributed by atoms with Crippen LogP contribution in [0.5, 0.6) is 5.75 Å². The van der Waals surface area contributed by atoms with Crippen molar-refractivity contribution in [1.82, 2.24) is 20.0 Å². The Kier molecular flexibility index (Phi) is 9.90. The molecule has 1 fully saturated rings. The summed E-state index contributed by atoms with van der Waals surface area (Å²) in [4.78, 5) is 6.95. The van der Waals surface area contributed by atoms with Gasteiger partial charge in [-0.1, -0.05) is 12.1 Å². The number of halogens is 1. The van der Waals surface area contributed by atoms with Crippen molar-refractivity contribution in [2.45, 2.75) is 32.8 Å². The second kappa shape index (κ2) is 12.1. The van der Waals surface area contributed by atoms with Gasteiger partial charge >= 0.3 is 0 Å². The lowest BCUT2D eigenvalue weighted by Crippen LogP contribution is -2.41. The van der Waals surface area contributed by atoms with Gasteiger partial charge in [-0.25, -0.2) is 0 Å². The van der Waals surface area contributed by atoms with Gasteiger partial charge in [0, 0.05) is 32.9 Å². The normalized spacial score (nSPS) is 17.5. The van der Waals surface area contributed by atoms with Crippen molar-refractivity contribution < 1.29 is 9.84 Å². The van der Waals surface area contributed by atoms with Crippen molar-refractivity contribution in [3.05, 3.63) is 47.8 Å². The van der Waals surface area contributed by atoms with Crippen LogP contribution in [0.15, 0.2) is 41.7 Å². The molecule has 2 heterocycles. The molecule has 166 valence electrons. The Bertz CT molecular complexity index is 810. The maximum absolute atomic E-state index is 10.3. The maximum atomic E-state index is 10.3. The first kappa shape index (κ1) is 24.5. The number of nitrogens with one attached hydrogen (secondary N) is 1. The van der Waals surface area contributed by atoms with E-state index < -0.39 is 6.10 Å². The van der Waals surface area contributed by atoms with Gasteiger partial charge in [-0.05, 0) is 55.9 Å². The summed E-state index contributed by atoms with van der Waals surface area (Å²) >= 11 is 0. The van der Waals surface area contributed by atoms with Crippen LogP contribution in [0.4, 0.5) is 0 Å². The molecule has 0 saturated carbocycles. The van der Waals surface area contributed by atoms with Gasteiger partial charge in [-0.3, -0.25) is 9.67 Å². The third-order valence-electron chi connectivity index (χ3n) is 5.09. The number of guanidine groups is 1. The molecule has 7 nitrogen and oxygen atoms in total. The van der Waals surface area contributed by atoms with E-state index in [0.29, 0.717) is 12.5 Å². The zero-order chi connectivity index (χ0) is 20.6. The molecule has 1 aliphatic rings. The molecule has 2 N–H and O–H groups in total. The third-order valence-corrected chi connectivity index (χ3v) is 5.09. The summed E-state index contributed by atoms with van der Waals surface area (Å²) in [5.74, 6) is 2.24. The Morgan fingerprint density at radius 2 is 2.27 bits per heavy atom. The minimum atomic E-state index is -0.641. The number of aliphatic hydroxyl groups is 1. The summed E-state index contributed by atoms with van der Waals surface area (Å²) in [6.07, 6.45) is 5.58. The fourth-order valence-electron chi connectivity index (χ4n) is 3.67. The van der Waals surface area contributed by atoms with Gasteiger partial charge in [0.1, 0.15) is 18.5 Å². The fraction of sp³-hybridized carbons (Fsp3) is 0.545. The predicted molar refractivity (Wildman–Crippen MR) is 131 cm³/mol. The average Bonchev–Trinajstić information content (AvgIpc) is 3.33. The first-order valence-corrected chi connectivity index (χ1v) is 10.4. The number of hydrogen-bond acceptors (Lipinski definition) is 4. The molecular weight excluding hydrogens is 493 g/mol. The number of aliphatic hydroxyl groups excluding tert-OH is 1. The van der Waals surface area contributed by atoms with Crippen molar-refractivity contribution >= 4 is 29.9 Å². The molecule has 0 radical (unpaired) electrons. The number of likely N-dealkylation sites (tertiary alicyclic amines) is 1. The standard InChI is InChI=1S/C22H33N5O2.HI/c1-4-23-22(24-13-20(28)16-29-21-7-5-6-17(2)10-21)27-9-8-18(15-27)11-19-12-25-26(3)14-19;/h5-7,10,12,14,18,20,28H,4,8-9,11,13,15-16H2,1-3H3,(H,23,24);1H. The van der Waals surface area contributed by atoms with Crippen LogP contribution in [0.1, 0.15) is 24.5 Å². The molecule has 0 aliphatic carbocycles. The lowest BCUT2D eigenvalue weighted by atomic mass is 10.0. The van der Waals surface area contributed by atoms with Gasteiger partial charge in [0.05, 0.1) is 12.7 Å². The van der Waals surface area contributed by atoms with Gasteiger partial charge in [0.15, 0.2) is 5.96 Å². The second-order valence-corrected chi connectivity index (χ2v) is 7.80. The highest BCUT2D eigenvalue weighted by atomic mass is 127. The third kappa shape index (κ3) is 7.46. The van der Waals surface area contributed by atoms with E-state index in [4.69, 9.17) is 4.74 Å². The molecule has 3 rings (SSSR count). The van der Waals surface area contributed by atoms with Crippen molar-refractivity contribution in [3.63, 3.8) is 0 Å². The van der Waals surface area contributed by atoms with Gasteiger partial charge in [-0.15, -0.1) is 24.0 Å². The summed E-state index contributed by atoms with van der Waals surface area (Å²) < 4.78 is 7.55. The number of hydrogen-bond donors (Lipinski definition) is 2. The Morgan fingerprint density at radius 3 is 2.97 bits per heavy atom. The van der Waals surface area contributed by atoms with Crippen LogP contribution in [-0.4, -0.2) is 64.6 Å². The number of benzene rings is 1. The highest BCUT2D eigenvalue weighted by Gasteiger charge is 2.25. The Labute approximate surface area is 196 Å². The van der Waals surface area contributed by atoms with E-state index in [1.807, 2.05) is 49.1 Å². The Balaban J connectivity index is 0.00000320. The lowest BCUT2D eigenvalue weighted by molar-refractivity contribution is 0.114. The summed E-state index contributed by atoms with van der Waals surface area (Å²) in [6.45, 7) is 7.39. The van der Waals surface area contributed by atoms with Gasteiger partial charge < -0.3 is 20.1 Å². The zero-order valence-corrected chi connectivity index (χ0v) is 20.5. The molecule has 1 aromatic heterocycles. The fourth-order valence-corrected chi connectivity index (χ4v) is 3.67. The molecule has 2 aromatic rings. The first-order valence-electron chi connectivity index (χ1n) is 10.4. The number of aryl methyl sites for hydroxylation is 2. The molecule has 1 aliphatic heterocycles. The molecular formula is C22H34IN5O2. The van der Waals surface area contributed by atoms with Crippen LogP contribution < -0.4 is 10.1 Å². The minimum absolute atomic E-state index is 0. The van der Waals surface area contributed by atoms with Crippen LogP contribution in [0.25, 0.3) is 0 Å². The van der Waals surface area contributed by atoms with E-state index >= 15 is 0 Å². The van der Waals surface area contributed by atoms with Crippen molar-refractivity contribution in [1.29, 1.82) is 0 Å². The minimum Gasteiger partial charge on any atom is -0.491 e. The SMILES string of the molecule is CCNC(=NCC(O)COc1cccc(C)c1)N1CCC(Cc2cnn(C)c2)C1.I. The number of ether oxygens (including phenoxy) is 1. The van der Waals surface area contributed by atoms with Crippen LogP contribution in [0.3, 0.4) is 0 Å². The van der Waals surface area contributed by atoms with Gasteiger partial charge in [0.2, 0.25) is 0 Å². The van der Waals surface area contributed by atoms with Crippen LogP contribution in [0, 0.1) is 12.8 Å². The highest BCUT2D eigenvalue weighted by Crippen LogP contribution is 2.21. The highest BCUT2D eigenvalue weighted by molar-refractivity contribution is 14.0. The predicted octanol–water partition coefficient (Wildman–Crippen LogP) is 2.62. The maximum Gasteiger partial charge on any atom is 0.194 e. The molecule has 30 heavy (non-hydrogen) atoms. The molecule has 2 unspecified atom stereocenters. The van der Waals surface area contributed by atoms with Crippen LogP contribution in [-0.2, 0) is 13.5 Å². The summed E-state index contributed by atoms with van der Waals surface area (Å²) in [7, 11) is 1.95. The Morgan fingerprint density at radius 1 is 1.43 bits per heavy atom. The zero-order valence-electron chi connectivity index (χ0n) is 18.1. The van der Waals surface area contributed by atoms with Crippen molar-refractivity contribution in [2.24, 2.45) is 18.0 Å². The molecule has 1 aromatic carbocycles. The quantitative estimate of drug-likeness (QED) is 0.314. The second-order valence-electron chi connectivity index (χ2n) is 7.80. The largest absolute Gasteiger partial charge is 0.491 e. The van der Waals surface area contributed by atoms with E-state index in [2.05, 4.69) is 33.4 Å². The summed E-state index contributed by atoms with van der Waals surface area (Å²) in [5.41, 5.74) is 2.42. The molecule has 0 spiro atoms. The molecule has 0 amide bonds. The molecule has 8 heteroatoms. The topological polar surface area (TPSA) is 74.9 Å². The Hall–Kier alpha value is -1.81. The van der Waals surface area contributed by atoms with E-state index in [1.165, 1.54) is 5.56 Å². The van der Waals surface area contributed by atoms with Crippen LogP contribution >= 0.6 is 24.0 Å². The van der Waals surface area contributed by atoms with Gasteiger partial charge in [0.25, 0.3) is 0 Å². The average molecular weight is 527 g/mol. The molecule has 0 bridgehead atoms. The number of nitrogens with zero attached hydrogens (tertiary/aromatic N) is 4. The first-order chi connectivity index (χ1) is 14.0. The van der Waals surface area contributed by atoms with E-state index in [9.17, 15) is 5.11 Å². The monoisotopic (exact) mass is 527 g/mol. The smallest absolute Gasteiger partial charge is 0.194 e. The summed E-state index contributed by atoms with van der Waals surface area (Å²) in [6, 6.07) is 7.84. The van der Waals surface area contributed by atoms with Gasteiger partial charge in [-0.2, -0.15) is 5.10 Å². The molecule has 2 atom stereocenters. The van der Waals surface area contributed by atoms with E-state index in [1.54, 1.807) is 0 Å². The lowest BCUT2D eigenvalue weighted by Gasteiger charge is -2.22. The van der Waals surface area contributed by atoms with Crippen molar-refractivity contribution in [2.75, 3.05) is 32.8 Å². The number of aliphatic imine (C=N–C) groups is 1.